The van der Waals surface area contributed by atoms with Crippen molar-refractivity contribution in [2.45, 2.75) is 19.8 Å². The van der Waals surface area contributed by atoms with Crippen LogP contribution in [0.2, 0.25) is 0 Å². The largest absolute Gasteiger partial charge is 0.363 e. The number of hydrogen-bond acceptors (Lipinski definition) is 2. The monoisotopic (exact) mass is 189 g/mol. The molecule has 2 rings (SSSR count). The molecule has 1 aromatic rings. The van der Waals surface area contributed by atoms with Gasteiger partial charge in [-0.2, -0.15) is 0 Å². The van der Waals surface area contributed by atoms with Crippen LogP contribution < -0.4 is 0 Å². The number of nitrogens with zero attached hydrogens (tertiary/aromatic N) is 3. The minimum absolute atomic E-state index is 0.858. The molecular weight excluding hydrogens is 174 g/mol. The van der Waals surface area contributed by atoms with Crippen LogP contribution in [0.3, 0.4) is 0 Å². The Balaban J connectivity index is 2.29. The molecule has 1 aliphatic rings. The van der Waals surface area contributed by atoms with E-state index in [9.17, 15) is 0 Å². The molecule has 1 fully saturated rings. The first kappa shape index (κ1) is 9.19. The van der Waals surface area contributed by atoms with Gasteiger partial charge >= 0.3 is 0 Å². The van der Waals surface area contributed by atoms with Crippen molar-refractivity contribution in [3.05, 3.63) is 23.9 Å². The fourth-order valence-corrected chi connectivity index (χ4v) is 1.65. The second-order valence-corrected chi connectivity index (χ2v) is 3.70. The first-order valence-corrected chi connectivity index (χ1v) is 4.97. The van der Waals surface area contributed by atoms with Crippen LogP contribution in [-0.2, 0) is 0 Å². The quantitative estimate of drug-likeness (QED) is 0.677. The highest BCUT2D eigenvalue weighted by Crippen LogP contribution is 2.18. The molecule has 1 aromatic heterocycles. The van der Waals surface area contributed by atoms with Crippen molar-refractivity contribution in [2.24, 2.45) is 4.99 Å². The van der Waals surface area contributed by atoms with Crippen molar-refractivity contribution >= 4 is 11.7 Å². The Morgan fingerprint density at radius 3 is 3.00 bits per heavy atom. The van der Waals surface area contributed by atoms with Crippen LogP contribution in [0.15, 0.2) is 23.3 Å². The van der Waals surface area contributed by atoms with Crippen LogP contribution in [-0.4, -0.2) is 29.3 Å². The fourth-order valence-electron chi connectivity index (χ4n) is 1.65. The normalized spacial score (nSPS) is 19.3. The minimum atomic E-state index is 0.858. The molecule has 0 aromatic carbocycles. The summed E-state index contributed by atoms with van der Waals surface area (Å²) in [5.41, 5.74) is 1.14. The fraction of sp³-hybridized carbons (Fsp3) is 0.455. The Labute approximate surface area is 84.5 Å². The Bertz CT molecular complexity index is 357. The molecule has 1 aliphatic heterocycles. The van der Waals surface area contributed by atoms with Crippen LogP contribution in [0, 0.1) is 6.92 Å². The van der Waals surface area contributed by atoms with Crippen LogP contribution in [0.1, 0.15) is 18.4 Å². The zero-order valence-corrected chi connectivity index (χ0v) is 8.70. The van der Waals surface area contributed by atoms with Crippen LogP contribution in [0.5, 0.6) is 0 Å². The van der Waals surface area contributed by atoms with E-state index >= 15 is 0 Å². The first-order valence-electron chi connectivity index (χ1n) is 4.97. The summed E-state index contributed by atoms with van der Waals surface area (Å²) in [4.78, 5) is 11.0. The van der Waals surface area contributed by atoms with Crippen molar-refractivity contribution in [2.75, 3.05) is 13.6 Å². The molecule has 3 nitrogen and oxygen atoms in total. The predicted octanol–water partition coefficient (Wildman–Crippen LogP) is 2.15. The minimum Gasteiger partial charge on any atom is -0.363 e. The Kier molecular flexibility index (Phi) is 2.48. The average molecular weight is 189 g/mol. The van der Waals surface area contributed by atoms with Crippen LogP contribution in [0.25, 0.3) is 0 Å². The number of aryl methyl sites for hydroxylation is 1. The summed E-state index contributed by atoms with van der Waals surface area (Å²) in [6.07, 6.45) is 4.08. The van der Waals surface area contributed by atoms with E-state index in [1.165, 1.54) is 6.42 Å². The molecule has 14 heavy (non-hydrogen) atoms. The number of amidine groups is 1. The van der Waals surface area contributed by atoms with E-state index in [-0.39, 0.29) is 0 Å². The highest BCUT2D eigenvalue weighted by molar-refractivity contribution is 5.86. The van der Waals surface area contributed by atoms with Gasteiger partial charge in [-0.3, -0.25) is 0 Å². The lowest BCUT2D eigenvalue weighted by Gasteiger charge is -2.10. The molecule has 0 aliphatic carbocycles. The van der Waals surface area contributed by atoms with Gasteiger partial charge in [0.2, 0.25) is 0 Å². The number of aliphatic imine (C=N–C) groups is 1. The van der Waals surface area contributed by atoms with E-state index in [0.717, 1.165) is 30.2 Å². The van der Waals surface area contributed by atoms with E-state index in [0.29, 0.717) is 0 Å². The number of hydrogen-bond donors (Lipinski definition) is 0. The van der Waals surface area contributed by atoms with Gasteiger partial charge in [0.1, 0.15) is 5.84 Å². The van der Waals surface area contributed by atoms with Crippen molar-refractivity contribution in [3.63, 3.8) is 0 Å². The molecule has 0 spiro atoms. The van der Waals surface area contributed by atoms with Crippen molar-refractivity contribution in [3.8, 4) is 0 Å². The molecular formula is C11H15N3. The average Bonchev–Trinajstić information content (AvgIpc) is 2.56. The molecule has 0 atom stereocenters. The number of pyridine rings is 1. The maximum atomic E-state index is 4.57. The third-order valence-corrected chi connectivity index (χ3v) is 2.55. The van der Waals surface area contributed by atoms with Gasteiger partial charge in [0.25, 0.3) is 0 Å². The standard InChI is InChI=1S/C11H15N3/c1-9-5-3-7-12-11(9)13-10-6-4-8-14(10)2/h3,5,7H,4,6,8H2,1-2H3/b13-10-. The van der Waals surface area contributed by atoms with Gasteiger partial charge in [-0.1, -0.05) is 6.07 Å². The van der Waals surface area contributed by atoms with Gasteiger partial charge in [-0.25, -0.2) is 9.98 Å². The summed E-state index contributed by atoms with van der Waals surface area (Å²) in [5.74, 6) is 2.02. The molecule has 0 unspecified atom stereocenters. The van der Waals surface area contributed by atoms with Crippen molar-refractivity contribution in [1.82, 2.24) is 9.88 Å². The van der Waals surface area contributed by atoms with Crippen LogP contribution >= 0.6 is 0 Å². The van der Waals surface area contributed by atoms with Crippen molar-refractivity contribution < 1.29 is 0 Å². The number of rotatable bonds is 1. The molecule has 1 saturated heterocycles. The molecule has 0 amide bonds. The molecule has 2 heterocycles. The Morgan fingerprint density at radius 2 is 2.36 bits per heavy atom. The van der Waals surface area contributed by atoms with Gasteiger partial charge in [-0.15, -0.1) is 0 Å². The lowest BCUT2D eigenvalue weighted by molar-refractivity contribution is 0.550. The third kappa shape index (κ3) is 1.76. The second kappa shape index (κ2) is 3.78. The van der Waals surface area contributed by atoms with Crippen molar-refractivity contribution in [1.29, 1.82) is 0 Å². The van der Waals surface area contributed by atoms with E-state index < -0.39 is 0 Å². The molecule has 74 valence electrons. The summed E-state index contributed by atoms with van der Waals surface area (Å²) in [5, 5.41) is 0. The first-order chi connectivity index (χ1) is 6.77. The summed E-state index contributed by atoms with van der Waals surface area (Å²) in [6.45, 7) is 3.16. The van der Waals surface area contributed by atoms with Gasteiger partial charge in [0.05, 0.1) is 0 Å². The third-order valence-electron chi connectivity index (χ3n) is 2.55. The van der Waals surface area contributed by atoms with Gasteiger partial charge < -0.3 is 4.90 Å². The van der Waals surface area contributed by atoms with E-state index in [2.05, 4.69) is 21.9 Å². The lowest BCUT2D eigenvalue weighted by atomic mass is 10.3. The number of likely N-dealkylation sites (tertiary alicyclic amines) is 1. The zero-order valence-electron chi connectivity index (χ0n) is 8.70. The molecule has 3 heteroatoms. The number of aromatic nitrogens is 1. The Morgan fingerprint density at radius 1 is 1.50 bits per heavy atom. The van der Waals surface area contributed by atoms with E-state index in [1.54, 1.807) is 6.20 Å². The van der Waals surface area contributed by atoms with Gasteiger partial charge in [-0.05, 0) is 25.0 Å². The SMILES string of the molecule is Cc1cccnc1/N=C1/CCCN1C. The highest BCUT2D eigenvalue weighted by Gasteiger charge is 2.14. The lowest BCUT2D eigenvalue weighted by Crippen LogP contribution is -2.18. The van der Waals surface area contributed by atoms with E-state index in [4.69, 9.17) is 0 Å². The van der Waals surface area contributed by atoms with Crippen LogP contribution in [0.4, 0.5) is 5.82 Å². The molecule has 0 N–H and O–H groups in total. The molecule has 0 saturated carbocycles. The Hall–Kier alpha value is -1.38. The zero-order chi connectivity index (χ0) is 9.97. The predicted molar refractivity (Wildman–Crippen MR) is 57.9 cm³/mol. The second-order valence-electron chi connectivity index (χ2n) is 3.70. The summed E-state index contributed by atoms with van der Waals surface area (Å²) in [6, 6.07) is 3.98. The summed E-state index contributed by atoms with van der Waals surface area (Å²) < 4.78 is 0. The maximum absolute atomic E-state index is 4.57. The summed E-state index contributed by atoms with van der Waals surface area (Å²) >= 11 is 0. The smallest absolute Gasteiger partial charge is 0.156 e. The maximum Gasteiger partial charge on any atom is 0.156 e. The molecule has 0 radical (unpaired) electrons. The van der Waals surface area contributed by atoms with Gasteiger partial charge in [0.15, 0.2) is 5.82 Å². The highest BCUT2D eigenvalue weighted by atomic mass is 15.2. The topological polar surface area (TPSA) is 28.5 Å². The van der Waals surface area contributed by atoms with Gasteiger partial charge in [0, 0.05) is 26.2 Å². The summed E-state index contributed by atoms with van der Waals surface area (Å²) in [7, 11) is 2.09. The van der Waals surface area contributed by atoms with E-state index in [1.807, 2.05) is 19.1 Å². The molecule has 0 bridgehead atoms.